The van der Waals surface area contributed by atoms with E-state index in [1.165, 1.54) is 0 Å². The van der Waals surface area contributed by atoms with Gasteiger partial charge in [0.15, 0.2) is 9.84 Å². The Bertz CT molecular complexity index is 859. The molecule has 3 rings (SSSR count). The van der Waals surface area contributed by atoms with Gasteiger partial charge in [-0.05, 0) is 44.2 Å². The van der Waals surface area contributed by atoms with Crippen LogP contribution < -0.4 is 5.32 Å². The lowest BCUT2D eigenvalue weighted by Gasteiger charge is -2.09. The molecule has 1 N–H and O–H groups in total. The molecule has 5 nitrogen and oxygen atoms in total. The van der Waals surface area contributed by atoms with Crippen molar-refractivity contribution in [2.75, 3.05) is 18.1 Å². The van der Waals surface area contributed by atoms with E-state index in [0.29, 0.717) is 23.6 Å². The predicted octanol–water partition coefficient (Wildman–Crippen LogP) is 3.06. The third-order valence-electron chi connectivity index (χ3n) is 4.39. The molecule has 0 spiro atoms. The van der Waals surface area contributed by atoms with Crippen LogP contribution in [0.2, 0.25) is 0 Å². The van der Waals surface area contributed by atoms with Crippen molar-refractivity contribution in [3.05, 3.63) is 40.9 Å². The summed E-state index contributed by atoms with van der Waals surface area (Å²) in [5.41, 5.74) is 2.54. The lowest BCUT2D eigenvalue weighted by Crippen LogP contribution is -2.24. The summed E-state index contributed by atoms with van der Waals surface area (Å²) in [5, 5.41) is 5.83. The molecule has 1 unspecified atom stereocenters. The maximum atomic E-state index is 12.3. The molecule has 1 saturated heterocycles. The number of hydrogen-bond donors (Lipinski definition) is 1. The number of benzene rings is 1. The van der Waals surface area contributed by atoms with Crippen LogP contribution in [0.25, 0.3) is 10.6 Å². The molecule has 1 aromatic heterocycles. The number of thiazole rings is 1. The second kappa shape index (κ2) is 7.66. The van der Waals surface area contributed by atoms with E-state index in [4.69, 9.17) is 0 Å². The molecule has 25 heavy (non-hydrogen) atoms. The summed E-state index contributed by atoms with van der Waals surface area (Å²) in [6, 6.07) is 7.47. The van der Waals surface area contributed by atoms with Crippen LogP contribution in [0.15, 0.2) is 29.6 Å². The summed E-state index contributed by atoms with van der Waals surface area (Å²) >= 11 is 1.57. The molecule has 134 valence electrons. The van der Waals surface area contributed by atoms with Crippen molar-refractivity contribution in [1.29, 1.82) is 0 Å². The van der Waals surface area contributed by atoms with Gasteiger partial charge in [0.05, 0.1) is 11.5 Å². The molecule has 1 aliphatic heterocycles. The van der Waals surface area contributed by atoms with Crippen molar-refractivity contribution in [2.45, 2.75) is 26.2 Å². The first-order chi connectivity index (χ1) is 11.9. The number of nitrogens with zero attached hydrogens (tertiary/aromatic N) is 1. The Morgan fingerprint density at radius 3 is 2.92 bits per heavy atom. The largest absolute Gasteiger partial charge is 0.352 e. The Kier molecular flexibility index (Phi) is 5.54. The Morgan fingerprint density at radius 1 is 1.40 bits per heavy atom. The lowest BCUT2D eigenvalue weighted by molar-refractivity contribution is 0.0952. The number of carbonyl (C=O) groups is 1. The summed E-state index contributed by atoms with van der Waals surface area (Å²) in [7, 11) is -2.81. The van der Waals surface area contributed by atoms with Crippen molar-refractivity contribution < 1.29 is 13.2 Å². The normalized spacial score (nSPS) is 19.0. The number of rotatable bonds is 6. The first-order valence-corrected chi connectivity index (χ1v) is 11.1. The number of hydrogen-bond acceptors (Lipinski definition) is 5. The zero-order chi connectivity index (χ0) is 17.9. The predicted molar refractivity (Wildman–Crippen MR) is 101 cm³/mol. The summed E-state index contributed by atoms with van der Waals surface area (Å²) in [6.45, 7) is 2.52. The average molecular weight is 379 g/mol. The van der Waals surface area contributed by atoms with Gasteiger partial charge in [-0.1, -0.05) is 12.1 Å². The molecule has 1 aliphatic rings. The molecule has 2 aromatic rings. The summed E-state index contributed by atoms with van der Waals surface area (Å²) in [6.07, 6.45) is 2.40. The molecule has 0 aliphatic carbocycles. The summed E-state index contributed by atoms with van der Waals surface area (Å²) in [5.74, 6) is 0.760. The molecule has 1 amide bonds. The van der Waals surface area contributed by atoms with E-state index in [2.05, 4.69) is 10.3 Å². The average Bonchev–Trinajstić information content (AvgIpc) is 3.17. The van der Waals surface area contributed by atoms with Crippen LogP contribution in [0.5, 0.6) is 0 Å². The minimum absolute atomic E-state index is 0.103. The van der Waals surface area contributed by atoms with Gasteiger partial charge >= 0.3 is 0 Å². The van der Waals surface area contributed by atoms with Gasteiger partial charge in [0, 0.05) is 28.7 Å². The quantitative estimate of drug-likeness (QED) is 0.784. The van der Waals surface area contributed by atoms with Gasteiger partial charge in [-0.3, -0.25) is 4.79 Å². The smallest absolute Gasteiger partial charge is 0.251 e. The van der Waals surface area contributed by atoms with E-state index in [1.54, 1.807) is 17.4 Å². The number of aryl methyl sites for hydroxylation is 1. The second-order valence-corrected chi connectivity index (χ2v) is 9.63. The van der Waals surface area contributed by atoms with Crippen LogP contribution in [0.3, 0.4) is 0 Å². The third-order valence-corrected chi connectivity index (χ3v) is 7.24. The Labute approximate surface area is 152 Å². The van der Waals surface area contributed by atoms with Crippen LogP contribution in [-0.4, -0.2) is 37.4 Å². The van der Waals surface area contributed by atoms with E-state index >= 15 is 0 Å². The van der Waals surface area contributed by atoms with Gasteiger partial charge in [-0.25, -0.2) is 13.4 Å². The Morgan fingerprint density at radius 2 is 2.24 bits per heavy atom. The molecule has 7 heteroatoms. The van der Waals surface area contributed by atoms with E-state index in [-0.39, 0.29) is 11.8 Å². The highest BCUT2D eigenvalue weighted by molar-refractivity contribution is 7.91. The molecule has 1 aromatic carbocycles. The zero-order valence-corrected chi connectivity index (χ0v) is 15.8. The first kappa shape index (κ1) is 18.1. The molecular weight excluding hydrogens is 356 g/mol. The SMILES string of the molecule is Cc1csc(-c2cccc(C(=O)NCCCC3CCS(=O)(=O)C3)c2)n1. The van der Waals surface area contributed by atoms with E-state index in [1.807, 2.05) is 30.5 Å². The molecule has 1 atom stereocenters. The van der Waals surface area contributed by atoms with Gasteiger partial charge in [-0.15, -0.1) is 11.3 Å². The zero-order valence-electron chi connectivity index (χ0n) is 14.2. The highest BCUT2D eigenvalue weighted by Crippen LogP contribution is 2.24. The summed E-state index contributed by atoms with van der Waals surface area (Å²) < 4.78 is 22.9. The van der Waals surface area contributed by atoms with Crippen LogP contribution in [0, 0.1) is 12.8 Å². The van der Waals surface area contributed by atoms with E-state index in [0.717, 1.165) is 35.5 Å². The minimum atomic E-state index is -2.81. The number of aromatic nitrogens is 1. The number of carbonyl (C=O) groups excluding carboxylic acids is 1. The Hall–Kier alpha value is -1.73. The fourth-order valence-corrected chi connectivity index (χ4v) is 5.78. The van der Waals surface area contributed by atoms with Crippen molar-refractivity contribution in [2.24, 2.45) is 5.92 Å². The van der Waals surface area contributed by atoms with Gasteiger partial charge in [0.2, 0.25) is 0 Å². The fourth-order valence-electron chi connectivity index (χ4n) is 3.07. The highest BCUT2D eigenvalue weighted by atomic mass is 32.2. The lowest BCUT2D eigenvalue weighted by atomic mass is 10.0. The topological polar surface area (TPSA) is 76.1 Å². The van der Waals surface area contributed by atoms with Crippen molar-refractivity contribution in [3.8, 4) is 10.6 Å². The second-order valence-electron chi connectivity index (χ2n) is 6.54. The van der Waals surface area contributed by atoms with Gasteiger partial charge in [0.25, 0.3) is 5.91 Å². The molecule has 0 saturated carbocycles. The number of nitrogens with one attached hydrogen (secondary N) is 1. The third kappa shape index (κ3) is 4.89. The van der Waals surface area contributed by atoms with Crippen molar-refractivity contribution in [3.63, 3.8) is 0 Å². The fraction of sp³-hybridized carbons (Fsp3) is 0.444. The van der Waals surface area contributed by atoms with Gasteiger partial charge < -0.3 is 5.32 Å². The highest BCUT2D eigenvalue weighted by Gasteiger charge is 2.27. The Balaban J connectivity index is 1.50. The molecule has 0 bridgehead atoms. The molecular formula is C18H22N2O3S2. The maximum Gasteiger partial charge on any atom is 0.251 e. The number of amides is 1. The summed E-state index contributed by atoms with van der Waals surface area (Å²) in [4.78, 5) is 16.8. The number of sulfone groups is 1. The van der Waals surface area contributed by atoms with Crippen LogP contribution >= 0.6 is 11.3 Å². The molecule has 2 heterocycles. The molecule has 1 fully saturated rings. The standard InChI is InChI=1S/C18H22N2O3S2/c1-13-11-24-18(20-13)16-6-2-5-15(10-16)17(21)19-8-3-4-14-7-9-25(22,23)12-14/h2,5-6,10-11,14H,3-4,7-9,12H2,1H3,(H,19,21). The van der Waals surface area contributed by atoms with Crippen molar-refractivity contribution >= 4 is 27.1 Å². The van der Waals surface area contributed by atoms with E-state index < -0.39 is 9.84 Å². The van der Waals surface area contributed by atoms with Crippen LogP contribution in [0.4, 0.5) is 0 Å². The van der Waals surface area contributed by atoms with Crippen molar-refractivity contribution in [1.82, 2.24) is 10.3 Å². The van der Waals surface area contributed by atoms with Crippen LogP contribution in [-0.2, 0) is 9.84 Å². The van der Waals surface area contributed by atoms with Gasteiger partial charge in [-0.2, -0.15) is 0 Å². The van der Waals surface area contributed by atoms with E-state index in [9.17, 15) is 13.2 Å². The monoisotopic (exact) mass is 378 g/mol. The maximum absolute atomic E-state index is 12.3. The van der Waals surface area contributed by atoms with Gasteiger partial charge in [0.1, 0.15) is 5.01 Å². The van der Waals surface area contributed by atoms with Crippen LogP contribution in [0.1, 0.15) is 35.3 Å². The molecule has 0 radical (unpaired) electrons. The minimum Gasteiger partial charge on any atom is -0.352 e. The first-order valence-electron chi connectivity index (χ1n) is 8.44.